The zero-order valence-corrected chi connectivity index (χ0v) is 19.1. The summed E-state index contributed by atoms with van der Waals surface area (Å²) in [6, 6.07) is 7.47. The van der Waals surface area contributed by atoms with Crippen LogP contribution in [0, 0.1) is 0 Å². The molecule has 0 heterocycles. The third-order valence-electron chi connectivity index (χ3n) is 3.88. The van der Waals surface area contributed by atoms with Gasteiger partial charge in [-0.05, 0) is 30.3 Å². The number of methoxy groups -OCH3 is 1. The topological polar surface area (TPSA) is 198 Å². The van der Waals surface area contributed by atoms with Crippen LogP contribution in [0.1, 0.15) is 0 Å². The predicted molar refractivity (Wildman–Crippen MR) is 113 cm³/mol. The Bertz CT molecular complexity index is 1340. The molecule has 2 aromatic carbocycles. The van der Waals surface area contributed by atoms with E-state index in [0.717, 1.165) is 12.1 Å². The van der Waals surface area contributed by atoms with Crippen LogP contribution in [-0.2, 0) is 34.5 Å². The van der Waals surface area contributed by atoms with Crippen LogP contribution in [0.15, 0.2) is 56.4 Å². The Morgan fingerprint density at radius 2 is 1.66 bits per heavy atom. The van der Waals surface area contributed by atoms with Crippen molar-refractivity contribution in [3.63, 3.8) is 0 Å². The minimum atomic E-state index is -4.77. The molecule has 0 aliphatic rings. The number of sulfone groups is 1. The molecule has 32 heavy (non-hydrogen) atoms. The number of rotatable bonds is 10. The smallest absolute Gasteiger partial charge is 0.397 e. The van der Waals surface area contributed by atoms with Crippen LogP contribution in [0.25, 0.3) is 0 Å². The normalized spacial score (nSPS) is 12.8. The van der Waals surface area contributed by atoms with Crippen molar-refractivity contribution in [3.05, 3.63) is 36.4 Å². The number of nitrogens with zero attached hydrogens (tertiary/aromatic N) is 2. The first kappa shape index (κ1) is 25.6. The first-order chi connectivity index (χ1) is 14.8. The summed E-state index contributed by atoms with van der Waals surface area (Å²) in [6.45, 7) is -0.788. The lowest BCUT2D eigenvalue weighted by Crippen LogP contribution is -2.15. The Morgan fingerprint density at radius 3 is 2.22 bits per heavy atom. The number of hydrogen-bond donors (Lipinski definition) is 3. The molecule has 3 N–H and O–H groups in total. The van der Waals surface area contributed by atoms with Crippen molar-refractivity contribution >= 4 is 47.4 Å². The SMILES string of the molecule is CNc1ccc(N=Nc2ccc(S(=O)(=O)CCOS(=O)(=O)O)cc2OC)cc1S(=O)(=O)O. The van der Waals surface area contributed by atoms with E-state index in [1.165, 1.54) is 38.4 Å². The van der Waals surface area contributed by atoms with E-state index < -0.39 is 47.6 Å². The minimum absolute atomic E-state index is 0.00683. The van der Waals surface area contributed by atoms with Crippen LogP contribution in [0.4, 0.5) is 17.1 Å². The van der Waals surface area contributed by atoms with Crippen molar-refractivity contribution in [3.8, 4) is 5.75 Å². The van der Waals surface area contributed by atoms with Gasteiger partial charge in [-0.2, -0.15) is 21.9 Å². The highest BCUT2D eigenvalue weighted by atomic mass is 32.3. The Balaban J connectivity index is 2.32. The van der Waals surface area contributed by atoms with Crippen LogP contribution in [-0.4, -0.2) is 60.9 Å². The number of benzene rings is 2. The summed E-state index contributed by atoms with van der Waals surface area (Å²) in [6.07, 6.45) is 0. The summed E-state index contributed by atoms with van der Waals surface area (Å²) in [5, 5.41) is 10.4. The lowest BCUT2D eigenvalue weighted by molar-refractivity contribution is 0.284. The van der Waals surface area contributed by atoms with Gasteiger partial charge in [0.15, 0.2) is 9.84 Å². The van der Waals surface area contributed by atoms with E-state index in [4.69, 9.17) is 9.29 Å². The van der Waals surface area contributed by atoms with Crippen molar-refractivity contribution in [2.45, 2.75) is 9.79 Å². The molecule has 16 heteroatoms. The number of ether oxygens (including phenoxy) is 1. The first-order valence-corrected chi connectivity index (χ1v) is 13.0. The summed E-state index contributed by atoms with van der Waals surface area (Å²) in [5.74, 6) is -0.722. The molecule has 0 spiro atoms. The fourth-order valence-electron chi connectivity index (χ4n) is 2.41. The van der Waals surface area contributed by atoms with Gasteiger partial charge in [-0.1, -0.05) is 0 Å². The molecule has 176 valence electrons. The molecule has 0 saturated heterocycles. The first-order valence-electron chi connectivity index (χ1n) is 8.50. The summed E-state index contributed by atoms with van der Waals surface area (Å²) in [4.78, 5) is -0.628. The molecule has 0 saturated carbocycles. The number of nitrogens with one attached hydrogen (secondary N) is 1. The third-order valence-corrected chi connectivity index (χ3v) is 6.91. The second-order valence-corrected chi connectivity index (χ2v) is 10.6. The maximum atomic E-state index is 12.3. The highest BCUT2D eigenvalue weighted by Crippen LogP contribution is 2.33. The lowest BCUT2D eigenvalue weighted by atomic mass is 10.3. The van der Waals surface area contributed by atoms with Gasteiger partial charge in [0, 0.05) is 13.1 Å². The number of hydrogen-bond acceptors (Lipinski definition) is 11. The van der Waals surface area contributed by atoms with Gasteiger partial charge in [0.25, 0.3) is 10.1 Å². The molecule has 0 aliphatic heterocycles. The van der Waals surface area contributed by atoms with E-state index >= 15 is 0 Å². The van der Waals surface area contributed by atoms with Crippen molar-refractivity contribution in [1.82, 2.24) is 0 Å². The zero-order chi connectivity index (χ0) is 24.2. The standard InChI is InChI=1S/C16H19N3O10S3/c1-17-14-5-3-11(9-16(14)31(22,23)24)18-19-13-6-4-12(10-15(13)28-2)30(20,21)8-7-29-32(25,26)27/h3-6,9-10,17H,7-8H2,1-2H3,(H,22,23,24)(H,25,26,27). The summed E-state index contributed by atoms with van der Waals surface area (Å²) >= 11 is 0. The summed E-state index contributed by atoms with van der Waals surface area (Å²) in [5.41, 5.74) is 0.334. The maximum absolute atomic E-state index is 12.3. The van der Waals surface area contributed by atoms with Crippen LogP contribution < -0.4 is 10.1 Å². The van der Waals surface area contributed by atoms with E-state index in [1.807, 2.05) is 0 Å². The van der Waals surface area contributed by atoms with Gasteiger partial charge in [0.05, 0.1) is 35.7 Å². The molecule has 0 radical (unpaired) electrons. The molecule has 13 nitrogen and oxygen atoms in total. The van der Waals surface area contributed by atoms with Gasteiger partial charge in [0.2, 0.25) is 0 Å². The Hall–Kier alpha value is -2.63. The zero-order valence-electron chi connectivity index (χ0n) is 16.7. The fraction of sp³-hybridized carbons (Fsp3) is 0.250. The molecule has 0 unspecified atom stereocenters. The van der Waals surface area contributed by atoms with Crippen LogP contribution in [0.2, 0.25) is 0 Å². The predicted octanol–water partition coefficient (Wildman–Crippen LogP) is 1.99. The van der Waals surface area contributed by atoms with Gasteiger partial charge >= 0.3 is 10.4 Å². The molecular formula is C16H19N3O10S3. The highest BCUT2D eigenvalue weighted by Gasteiger charge is 2.19. The van der Waals surface area contributed by atoms with Gasteiger partial charge < -0.3 is 10.1 Å². The van der Waals surface area contributed by atoms with Crippen molar-refractivity contribution in [2.24, 2.45) is 10.2 Å². The molecule has 0 aromatic heterocycles. The average molecular weight is 510 g/mol. The van der Waals surface area contributed by atoms with E-state index in [1.54, 1.807) is 0 Å². The Labute approximate surface area is 184 Å². The maximum Gasteiger partial charge on any atom is 0.397 e. The molecule has 0 atom stereocenters. The highest BCUT2D eigenvalue weighted by molar-refractivity contribution is 7.91. The molecule has 2 rings (SSSR count). The van der Waals surface area contributed by atoms with Crippen LogP contribution in [0.5, 0.6) is 5.75 Å². The molecule has 2 aromatic rings. The number of azo groups is 1. The van der Waals surface area contributed by atoms with E-state index in [0.29, 0.717) is 0 Å². The molecular weight excluding hydrogens is 490 g/mol. The molecule has 0 fully saturated rings. The van der Waals surface area contributed by atoms with Crippen molar-refractivity contribution in [1.29, 1.82) is 0 Å². The lowest BCUT2D eigenvalue weighted by Gasteiger charge is -2.09. The third kappa shape index (κ3) is 6.94. The van der Waals surface area contributed by atoms with Gasteiger partial charge in [0.1, 0.15) is 16.3 Å². The largest absolute Gasteiger partial charge is 0.494 e. The number of anilines is 1. The van der Waals surface area contributed by atoms with E-state index in [2.05, 4.69) is 19.7 Å². The van der Waals surface area contributed by atoms with Gasteiger partial charge in [-0.15, -0.1) is 5.11 Å². The summed E-state index contributed by atoms with van der Waals surface area (Å²) < 4.78 is 95.7. The van der Waals surface area contributed by atoms with E-state index in [9.17, 15) is 29.8 Å². The van der Waals surface area contributed by atoms with Crippen molar-refractivity contribution < 1.29 is 43.3 Å². The summed E-state index contributed by atoms with van der Waals surface area (Å²) in [7, 11) is -10.6. The Kier molecular flexibility index (Phi) is 7.92. The average Bonchev–Trinajstić information content (AvgIpc) is 2.70. The Morgan fingerprint density at radius 1 is 0.969 bits per heavy atom. The fourth-order valence-corrected chi connectivity index (χ4v) is 4.62. The molecule has 0 aliphatic carbocycles. The van der Waals surface area contributed by atoms with Crippen LogP contribution in [0.3, 0.4) is 0 Å². The molecule has 0 bridgehead atoms. The quantitative estimate of drug-likeness (QED) is 0.312. The van der Waals surface area contributed by atoms with Crippen molar-refractivity contribution in [2.75, 3.05) is 31.8 Å². The molecule has 0 amide bonds. The second-order valence-electron chi connectivity index (χ2n) is 6.01. The van der Waals surface area contributed by atoms with Gasteiger partial charge in [-0.25, -0.2) is 12.6 Å². The minimum Gasteiger partial charge on any atom is -0.494 e. The monoisotopic (exact) mass is 509 g/mol. The van der Waals surface area contributed by atoms with E-state index in [-0.39, 0.29) is 27.7 Å². The second kappa shape index (κ2) is 9.88. The van der Waals surface area contributed by atoms with Crippen LogP contribution >= 0.6 is 0 Å². The van der Waals surface area contributed by atoms with Gasteiger partial charge in [-0.3, -0.25) is 9.11 Å².